The Kier molecular flexibility index (Phi) is 1.07. The molecule has 0 aliphatic rings. The normalized spacial score (nSPS) is 9.33. The van der Waals surface area contributed by atoms with Crippen LogP contribution in [0.1, 0.15) is 0 Å². The maximum atomic E-state index is 5.14. The maximum Gasteiger partial charge on any atom is 0.226 e. The lowest BCUT2D eigenvalue weighted by Gasteiger charge is -1.93. The number of aromatic nitrogens is 3. The molecule has 0 atom stereocenters. The van der Waals surface area contributed by atoms with E-state index in [4.69, 9.17) is 17.2 Å². The van der Waals surface area contributed by atoms with Crippen molar-refractivity contribution in [3.63, 3.8) is 0 Å². The largest absolute Gasteiger partial charge is 0.368 e. The van der Waals surface area contributed by atoms with Gasteiger partial charge in [-0.2, -0.15) is 15.0 Å². The first-order valence-electron chi connectivity index (χ1n) is 2.21. The van der Waals surface area contributed by atoms with Crippen LogP contribution in [-0.2, 0) is 0 Å². The predicted molar refractivity (Wildman–Crippen MR) is 33.1 cm³/mol. The molecule has 0 unspecified atom stereocenters. The van der Waals surface area contributed by atoms with Crippen LogP contribution in [-0.4, -0.2) is 15.0 Å². The number of nitrogen functional groups attached to an aromatic ring is 3. The van der Waals surface area contributed by atoms with Crippen molar-refractivity contribution in [2.24, 2.45) is 0 Å². The smallest absolute Gasteiger partial charge is 0.226 e. The van der Waals surface area contributed by atoms with Gasteiger partial charge >= 0.3 is 0 Å². The van der Waals surface area contributed by atoms with Crippen molar-refractivity contribution in [1.82, 2.24) is 15.0 Å². The van der Waals surface area contributed by atoms with Crippen molar-refractivity contribution in [1.29, 1.82) is 0 Å². The van der Waals surface area contributed by atoms with Crippen molar-refractivity contribution in [2.45, 2.75) is 0 Å². The van der Waals surface area contributed by atoms with E-state index in [9.17, 15) is 0 Å². The molecule has 6 heteroatoms. The molecule has 48 valence electrons. The zero-order valence-corrected chi connectivity index (χ0v) is 4.57. The first-order chi connectivity index (χ1) is 4.18. The zero-order valence-electron chi connectivity index (χ0n) is 4.57. The number of anilines is 3. The van der Waals surface area contributed by atoms with Crippen LogP contribution >= 0.6 is 0 Å². The Labute approximate surface area is 51.1 Å². The third-order valence-electron chi connectivity index (χ3n) is 0.687. The maximum absolute atomic E-state index is 5.14. The van der Waals surface area contributed by atoms with Crippen LogP contribution in [0.3, 0.4) is 0 Å². The average Bonchev–Trinajstić information content (AvgIpc) is 1.59. The molecule has 0 saturated carbocycles. The molecule has 0 saturated heterocycles. The van der Waals surface area contributed by atoms with Crippen LogP contribution < -0.4 is 17.2 Å². The molecule has 1 rings (SSSR count). The van der Waals surface area contributed by atoms with E-state index in [0.29, 0.717) is 0 Å². The highest BCUT2D eigenvalue weighted by molar-refractivity contribution is 5.33. The molecular formula is C3H6N6. The topological polar surface area (TPSA) is 117 Å². The van der Waals surface area contributed by atoms with Crippen molar-refractivity contribution in [2.75, 3.05) is 17.2 Å². The van der Waals surface area contributed by atoms with Gasteiger partial charge in [0.1, 0.15) is 0 Å². The minimum absolute atomic E-state index is 0.0417. The van der Waals surface area contributed by atoms with E-state index in [2.05, 4.69) is 15.0 Å². The van der Waals surface area contributed by atoms with Crippen LogP contribution in [0.5, 0.6) is 0 Å². The summed E-state index contributed by atoms with van der Waals surface area (Å²) in [7, 11) is 0. The highest BCUT2D eigenvalue weighted by Gasteiger charge is 1.93. The summed E-state index contributed by atoms with van der Waals surface area (Å²) in [5.74, 6) is 0.125. The van der Waals surface area contributed by atoms with Gasteiger partial charge in [-0.25, -0.2) is 0 Å². The van der Waals surface area contributed by atoms with Gasteiger partial charge in [-0.15, -0.1) is 0 Å². The molecule has 0 aliphatic carbocycles. The van der Waals surface area contributed by atoms with Gasteiger partial charge in [-0.1, -0.05) is 0 Å². The van der Waals surface area contributed by atoms with E-state index in [1.54, 1.807) is 0 Å². The van der Waals surface area contributed by atoms with E-state index < -0.39 is 0 Å². The molecule has 6 N–H and O–H groups in total. The predicted octanol–water partition coefficient (Wildman–Crippen LogP) is -1.38. The van der Waals surface area contributed by atoms with Gasteiger partial charge in [0.15, 0.2) is 0 Å². The monoisotopic (exact) mass is 129 g/mol. The molecule has 0 aliphatic heterocycles. The van der Waals surface area contributed by atoms with Crippen LogP contribution in [0.4, 0.5) is 17.8 Å². The van der Waals surface area contributed by atoms with Crippen molar-refractivity contribution >= 4 is 17.8 Å². The third kappa shape index (κ3) is 1.15. The van der Waals surface area contributed by atoms with E-state index in [0.717, 1.165) is 0 Å². The van der Waals surface area contributed by atoms with Crippen LogP contribution in [0.25, 0.3) is 0 Å². The van der Waals surface area contributed by atoms with Crippen LogP contribution in [0.15, 0.2) is 0 Å². The van der Waals surface area contributed by atoms with Crippen molar-refractivity contribution in [3.05, 3.63) is 0 Å². The Bertz CT molecular complexity index is 169. The Morgan fingerprint density at radius 3 is 1.11 bits per heavy atom. The second-order valence-electron chi connectivity index (χ2n) is 1.41. The van der Waals surface area contributed by atoms with Crippen molar-refractivity contribution < 1.29 is 0 Å². The van der Waals surface area contributed by atoms with Gasteiger partial charge in [0.25, 0.3) is 0 Å². The summed E-state index contributed by atoms with van der Waals surface area (Å²) in [5.41, 5.74) is 15.4. The average molecular weight is 129 g/mol. The molecule has 0 radical (unpaired) electrons. The first kappa shape index (κ1) is 5.54. The molecule has 1 aromatic heterocycles. The van der Waals surface area contributed by atoms with Gasteiger partial charge in [0, 0.05) is 0 Å². The highest BCUT2D eigenvalue weighted by atomic mass is 15.8. The fourth-order valence-electron chi connectivity index (χ4n) is 0.427. The fourth-order valence-corrected chi connectivity index (χ4v) is 0.427. The Morgan fingerprint density at radius 1 is 0.667 bits per heavy atom. The Morgan fingerprint density at radius 2 is 0.889 bits per heavy atom. The number of nitrogens with zero attached hydrogens (tertiary/aromatic N) is 3. The lowest BCUT2D eigenvalue weighted by Crippen LogP contribution is -2.05. The molecule has 0 aromatic carbocycles. The lowest BCUT2D eigenvalue weighted by atomic mass is 11.0. The van der Waals surface area contributed by atoms with E-state index in [-0.39, 0.29) is 17.8 Å². The molecular weight excluding hydrogens is 123 g/mol. The van der Waals surface area contributed by atoms with E-state index >= 15 is 0 Å². The number of hydrogen-bond donors (Lipinski definition) is 3. The summed E-state index contributed by atoms with van der Waals surface area (Å²) in [6.45, 7) is 0. The number of hydrogen-bond acceptors (Lipinski definition) is 6. The molecule has 1 aromatic rings. The molecule has 0 spiro atoms. The van der Waals surface area contributed by atoms with Gasteiger partial charge < -0.3 is 17.2 Å². The standard InChI is InChI=1S/C3H6N6/c4-1-7-2(5)9-3(6)8-1/h(H6,4,5,6,7,8,9)/i4+1,7+1,8+1. The second kappa shape index (κ2) is 1.73. The minimum atomic E-state index is 0.0417. The molecule has 0 amide bonds. The van der Waals surface area contributed by atoms with Gasteiger partial charge in [-0.05, 0) is 0 Å². The van der Waals surface area contributed by atoms with Crippen LogP contribution in [0, 0.1) is 0 Å². The summed E-state index contributed by atoms with van der Waals surface area (Å²) in [4.78, 5) is 10.5. The quantitative estimate of drug-likeness (QED) is 0.371. The molecule has 0 bridgehead atoms. The number of rotatable bonds is 0. The Hall–Kier alpha value is -1.59. The van der Waals surface area contributed by atoms with Gasteiger partial charge in [0.2, 0.25) is 17.8 Å². The Balaban J connectivity index is 3.17. The van der Waals surface area contributed by atoms with Gasteiger partial charge in [0.05, 0.1) is 0 Å². The molecule has 1 heterocycles. The zero-order chi connectivity index (χ0) is 6.85. The fraction of sp³-hybridized carbons (Fsp3) is 0. The minimum Gasteiger partial charge on any atom is -0.368 e. The van der Waals surface area contributed by atoms with Crippen molar-refractivity contribution in [3.8, 4) is 0 Å². The molecule has 9 heavy (non-hydrogen) atoms. The second-order valence-corrected chi connectivity index (χ2v) is 1.41. The van der Waals surface area contributed by atoms with E-state index in [1.807, 2.05) is 0 Å². The summed E-state index contributed by atoms with van der Waals surface area (Å²) in [5, 5.41) is 0. The summed E-state index contributed by atoms with van der Waals surface area (Å²) in [6, 6.07) is 0. The summed E-state index contributed by atoms with van der Waals surface area (Å²) >= 11 is 0. The lowest BCUT2D eigenvalue weighted by molar-refractivity contribution is 1.09. The van der Waals surface area contributed by atoms with Gasteiger partial charge in [-0.3, -0.25) is 0 Å². The highest BCUT2D eigenvalue weighted by Crippen LogP contribution is 1.97. The van der Waals surface area contributed by atoms with E-state index in [1.165, 1.54) is 0 Å². The summed E-state index contributed by atoms with van der Waals surface area (Å²) < 4.78 is 0. The van der Waals surface area contributed by atoms with Crippen LogP contribution in [0.2, 0.25) is 0 Å². The third-order valence-corrected chi connectivity index (χ3v) is 0.687. The first-order valence-corrected chi connectivity index (χ1v) is 2.21. The number of nitrogens with two attached hydrogens (primary N) is 3. The molecule has 6 nitrogen and oxygen atoms in total. The SMILES string of the molecule is Nc1nc(N)[15n]c([15NH2])[15n]1. The molecule has 0 fully saturated rings. The summed E-state index contributed by atoms with van der Waals surface area (Å²) in [6.07, 6.45) is 0.